The average Bonchev–Trinajstić information content (AvgIpc) is 2.32. The van der Waals surface area contributed by atoms with Gasteiger partial charge in [0.25, 0.3) is 0 Å². The molecule has 1 fully saturated rings. The standard InChI is InChI=1S/C13H19F3N2O/c1-3-12-9(2)18(17-12)8-10-5-4-6-11(7-10)19-13(14,15)16/h5,7,9,12,17H,3-4,6,8H2,1-2H3. The summed E-state index contributed by atoms with van der Waals surface area (Å²) in [6.07, 6.45) is 0.834. The summed E-state index contributed by atoms with van der Waals surface area (Å²) in [7, 11) is 0. The van der Waals surface area contributed by atoms with Gasteiger partial charge in [0.05, 0.1) is 0 Å². The number of hydrogen-bond acceptors (Lipinski definition) is 3. The van der Waals surface area contributed by atoms with E-state index in [1.165, 1.54) is 6.08 Å². The van der Waals surface area contributed by atoms with E-state index in [4.69, 9.17) is 0 Å². The molecule has 2 rings (SSSR count). The van der Waals surface area contributed by atoms with E-state index in [0.29, 0.717) is 31.5 Å². The first-order valence-electron chi connectivity index (χ1n) is 6.57. The van der Waals surface area contributed by atoms with E-state index in [1.807, 2.05) is 11.1 Å². The molecule has 0 aromatic carbocycles. The second-order valence-electron chi connectivity index (χ2n) is 4.99. The van der Waals surface area contributed by atoms with Crippen LogP contribution >= 0.6 is 0 Å². The van der Waals surface area contributed by atoms with E-state index in [1.54, 1.807) is 0 Å². The van der Waals surface area contributed by atoms with E-state index in [9.17, 15) is 13.2 Å². The maximum atomic E-state index is 12.2. The van der Waals surface area contributed by atoms with Crippen LogP contribution < -0.4 is 5.43 Å². The lowest BCUT2D eigenvalue weighted by molar-refractivity contribution is -0.306. The van der Waals surface area contributed by atoms with Crippen molar-refractivity contribution in [1.82, 2.24) is 10.4 Å². The molecule has 1 aliphatic heterocycles. The first kappa shape index (κ1) is 14.4. The van der Waals surface area contributed by atoms with Gasteiger partial charge in [-0.2, -0.15) is 0 Å². The predicted molar refractivity (Wildman–Crippen MR) is 65.9 cm³/mol. The molecule has 1 N–H and O–H groups in total. The lowest BCUT2D eigenvalue weighted by Crippen LogP contribution is -2.68. The van der Waals surface area contributed by atoms with Gasteiger partial charge in [-0.25, -0.2) is 10.4 Å². The summed E-state index contributed by atoms with van der Waals surface area (Å²) in [5, 5.41) is 2.05. The molecule has 6 heteroatoms. The van der Waals surface area contributed by atoms with E-state index in [2.05, 4.69) is 24.0 Å². The van der Waals surface area contributed by atoms with Gasteiger partial charge < -0.3 is 4.74 Å². The molecule has 1 aliphatic carbocycles. The van der Waals surface area contributed by atoms with Gasteiger partial charge in [0.15, 0.2) is 0 Å². The maximum Gasteiger partial charge on any atom is 0.572 e. The number of allylic oxidation sites excluding steroid dienone is 2. The van der Waals surface area contributed by atoms with E-state index in [-0.39, 0.29) is 5.76 Å². The molecule has 2 unspecified atom stereocenters. The van der Waals surface area contributed by atoms with Gasteiger partial charge in [-0.3, -0.25) is 0 Å². The molecule has 2 atom stereocenters. The molecule has 1 saturated heterocycles. The van der Waals surface area contributed by atoms with Gasteiger partial charge in [0, 0.05) is 25.0 Å². The summed E-state index contributed by atoms with van der Waals surface area (Å²) in [4.78, 5) is 0. The fraction of sp³-hybridized carbons (Fsp3) is 0.692. The van der Waals surface area contributed by atoms with Crippen molar-refractivity contribution in [3.05, 3.63) is 23.5 Å². The normalized spacial score (nSPS) is 28.5. The number of ether oxygens (including phenoxy) is 1. The summed E-state index contributed by atoms with van der Waals surface area (Å²) >= 11 is 0. The zero-order chi connectivity index (χ0) is 14.0. The summed E-state index contributed by atoms with van der Waals surface area (Å²) < 4.78 is 40.5. The molecule has 0 radical (unpaired) electrons. The molecule has 108 valence electrons. The second kappa shape index (κ2) is 5.54. The average molecular weight is 276 g/mol. The third-order valence-electron chi connectivity index (χ3n) is 3.59. The Morgan fingerprint density at radius 3 is 2.79 bits per heavy atom. The minimum absolute atomic E-state index is 0.00483. The van der Waals surface area contributed by atoms with Gasteiger partial charge in [0.1, 0.15) is 5.76 Å². The molecular formula is C13H19F3N2O. The highest BCUT2D eigenvalue weighted by Gasteiger charge is 2.35. The Balaban J connectivity index is 1.89. The molecule has 0 aromatic rings. The van der Waals surface area contributed by atoms with Crippen molar-refractivity contribution in [2.24, 2.45) is 0 Å². The number of halogens is 3. The van der Waals surface area contributed by atoms with Crippen LogP contribution in [0, 0.1) is 0 Å². The van der Waals surface area contributed by atoms with Crippen molar-refractivity contribution >= 4 is 0 Å². The van der Waals surface area contributed by atoms with Crippen LogP contribution in [-0.4, -0.2) is 30.0 Å². The Bertz CT molecular complexity index is 390. The van der Waals surface area contributed by atoms with Crippen molar-refractivity contribution < 1.29 is 17.9 Å². The number of alkyl halides is 3. The van der Waals surface area contributed by atoms with Crippen LogP contribution in [0.3, 0.4) is 0 Å². The summed E-state index contributed by atoms with van der Waals surface area (Å²) in [6, 6.07) is 0.882. The van der Waals surface area contributed by atoms with Crippen LogP contribution in [0.25, 0.3) is 0 Å². The zero-order valence-corrected chi connectivity index (χ0v) is 11.1. The molecule has 0 amide bonds. The largest absolute Gasteiger partial charge is 0.572 e. The Labute approximate surface area is 111 Å². The lowest BCUT2D eigenvalue weighted by Gasteiger charge is -2.47. The zero-order valence-electron chi connectivity index (χ0n) is 11.1. The van der Waals surface area contributed by atoms with Gasteiger partial charge in [-0.05, 0) is 31.4 Å². The Morgan fingerprint density at radius 2 is 2.21 bits per heavy atom. The quantitative estimate of drug-likeness (QED) is 0.854. The molecule has 3 nitrogen and oxygen atoms in total. The molecule has 0 spiro atoms. The van der Waals surface area contributed by atoms with Crippen LogP contribution in [0.4, 0.5) is 13.2 Å². The van der Waals surface area contributed by atoms with Crippen molar-refractivity contribution in [3.8, 4) is 0 Å². The van der Waals surface area contributed by atoms with Crippen LogP contribution in [-0.2, 0) is 4.74 Å². The predicted octanol–water partition coefficient (Wildman–Crippen LogP) is 3.11. The summed E-state index contributed by atoms with van der Waals surface area (Å²) in [5.74, 6) is 0.00483. The Hall–Kier alpha value is -1.01. The molecule has 2 aliphatic rings. The molecule has 0 bridgehead atoms. The SMILES string of the molecule is CCC1NN(CC2=CCCC(OC(F)(F)F)=C2)C1C. The Kier molecular flexibility index (Phi) is 4.20. The fourth-order valence-electron chi connectivity index (χ4n) is 2.47. The van der Waals surface area contributed by atoms with Crippen LogP contribution in [0.1, 0.15) is 33.1 Å². The first-order chi connectivity index (χ1) is 8.89. The van der Waals surface area contributed by atoms with E-state index < -0.39 is 6.36 Å². The topological polar surface area (TPSA) is 24.5 Å². The Morgan fingerprint density at radius 1 is 1.47 bits per heavy atom. The highest BCUT2D eigenvalue weighted by Crippen LogP contribution is 2.28. The smallest absolute Gasteiger partial charge is 0.410 e. The van der Waals surface area contributed by atoms with Crippen molar-refractivity contribution in [3.63, 3.8) is 0 Å². The fourth-order valence-corrected chi connectivity index (χ4v) is 2.47. The van der Waals surface area contributed by atoms with E-state index in [0.717, 1.165) is 12.0 Å². The second-order valence-corrected chi connectivity index (χ2v) is 4.99. The maximum absolute atomic E-state index is 12.2. The highest BCUT2D eigenvalue weighted by atomic mass is 19.4. The third-order valence-corrected chi connectivity index (χ3v) is 3.59. The minimum atomic E-state index is -4.59. The monoisotopic (exact) mass is 276 g/mol. The first-order valence-corrected chi connectivity index (χ1v) is 6.57. The number of nitrogens with one attached hydrogen (secondary N) is 1. The number of hydrogen-bond donors (Lipinski definition) is 1. The van der Waals surface area contributed by atoms with Crippen molar-refractivity contribution in [2.45, 2.75) is 51.6 Å². The van der Waals surface area contributed by atoms with Crippen LogP contribution in [0.5, 0.6) is 0 Å². The minimum Gasteiger partial charge on any atom is -0.410 e. The lowest BCUT2D eigenvalue weighted by atomic mass is 10.00. The number of rotatable bonds is 4. The molecular weight excluding hydrogens is 257 g/mol. The van der Waals surface area contributed by atoms with Crippen LogP contribution in [0.2, 0.25) is 0 Å². The summed E-state index contributed by atoms with van der Waals surface area (Å²) in [5.41, 5.74) is 4.16. The summed E-state index contributed by atoms with van der Waals surface area (Å²) in [6.45, 7) is 4.84. The van der Waals surface area contributed by atoms with Gasteiger partial charge in [-0.15, -0.1) is 13.2 Å². The van der Waals surface area contributed by atoms with Gasteiger partial charge in [0.2, 0.25) is 0 Å². The molecule has 0 saturated carbocycles. The molecule has 19 heavy (non-hydrogen) atoms. The van der Waals surface area contributed by atoms with E-state index >= 15 is 0 Å². The molecule has 0 aromatic heterocycles. The number of nitrogens with zero attached hydrogens (tertiary/aromatic N) is 1. The van der Waals surface area contributed by atoms with Crippen molar-refractivity contribution in [2.75, 3.05) is 6.54 Å². The van der Waals surface area contributed by atoms with Gasteiger partial charge in [-0.1, -0.05) is 13.0 Å². The highest BCUT2D eigenvalue weighted by molar-refractivity contribution is 5.27. The van der Waals surface area contributed by atoms with Gasteiger partial charge >= 0.3 is 6.36 Å². The van der Waals surface area contributed by atoms with Crippen molar-refractivity contribution in [1.29, 1.82) is 0 Å². The number of hydrazine groups is 1. The van der Waals surface area contributed by atoms with Crippen LogP contribution in [0.15, 0.2) is 23.5 Å². The third kappa shape index (κ3) is 3.73. The molecule has 1 heterocycles.